The molecule has 0 bridgehead atoms. The zero-order valence-corrected chi connectivity index (χ0v) is 33.3. The van der Waals surface area contributed by atoms with E-state index in [9.17, 15) is 19.2 Å². The largest absolute Gasteiger partial charge is 0.477 e. The van der Waals surface area contributed by atoms with E-state index >= 15 is 0 Å². The van der Waals surface area contributed by atoms with Gasteiger partial charge in [-0.2, -0.15) is 0 Å². The molecule has 0 aromatic carbocycles. The molecule has 2 aliphatic heterocycles. The third-order valence-electron chi connectivity index (χ3n) is 8.54. The van der Waals surface area contributed by atoms with E-state index in [0.717, 1.165) is 96.6 Å². The van der Waals surface area contributed by atoms with Crippen LogP contribution in [0.25, 0.3) is 0 Å². The van der Waals surface area contributed by atoms with E-state index in [4.69, 9.17) is 33.2 Å². The standard InChI is InChI=1S/C38H70N6O11/c1-3-4-23-49-24-25-50-26-27-51-32(2)39-17-11-5-6-12-18-40-35(45)44(22-16-10-9-15-21-43-38(48)55-31-34-29-53-34)36(46)41-19-13-7-8-14-20-42-37(47)54-30-33-28-52-33/h33-34,39H,2-31H2,1H3,(H,40,45)(H,41,46)(H,42,47)(H,43,48). The second-order valence-electron chi connectivity index (χ2n) is 13.6. The molecule has 17 nitrogen and oxygen atoms in total. The van der Waals surface area contributed by atoms with E-state index in [1.807, 2.05) is 0 Å². The molecule has 318 valence electrons. The number of rotatable bonds is 36. The van der Waals surface area contributed by atoms with E-state index in [1.54, 1.807) is 0 Å². The molecule has 2 aliphatic rings. The highest BCUT2D eigenvalue weighted by molar-refractivity contribution is 5.93. The maximum absolute atomic E-state index is 13.1. The fourth-order valence-electron chi connectivity index (χ4n) is 5.05. The molecule has 0 aliphatic carbocycles. The maximum atomic E-state index is 13.1. The van der Waals surface area contributed by atoms with Crippen molar-refractivity contribution in [3.63, 3.8) is 0 Å². The van der Waals surface area contributed by atoms with Crippen molar-refractivity contribution in [2.24, 2.45) is 0 Å². The minimum atomic E-state index is -0.448. The molecule has 6 amide bonds. The number of carbonyl (C=O) groups is 4. The molecule has 2 fully saturated rings. The molecule has 0 radical (unpaired) electrons. The summed E-state index contributed by atoms with van der Waals surface area (Å²) in [6.07, 6.45) is 11.4. The monoisotopic (exact) mass is 787 g/mol. The van der Waals surface area contributed by atoms with Crippen LogP contribution in [0.4, 0.5) is 19.2 Å². The number of ether oxygens (including phenoxy) is 7. The van der Waals surface area contributed by atoms with Crippen molar-refractivity contribution in [3.05, 3.63) is 12.5 Å². The van der Waals surface area contributed by atoms with E-state index in [2.05, 4.69) is 40.1 Å². The Hall–Kier alpha value is -3.54. The average Bonchev–Trinajstić information content (AvgIpc) is 4.12. The van der Waals surface area contributed by atoms with Crippen LogP contribution in [0, 0.1) is 0 Å². The third kappa shape index (κ3) is 29.4. The molecule has 2 unspecified atom stereocenters. The molecular formula is C38H70N6O11. The van der Waals surface area contributed by atoms with Crippen molar-refractivity contribution >= 4 is 24.2 Å². The van der Waals surface area contributed by atoms with Gasteiger partial charge in [-0.25, -0.2) is 24.1 Å². The first-order valence-corrected chi connectivity index (χ1v) is 20.5. The first-order chi connectivity index (χ1) is 26.9. The van der Waals surface area contributed by atoms with E-state index in [-0.39, 0.29) is 25.4 Å². The Morgan fingerprint density at radius 3 is 1.44 bits per heavy atom. The molecule has 2 saturated heterocycles. The Morgan fingerprint density at radius 2 is 0.964 bits per heavy atom. The number of nitrogens with zero attached hydrogens (tertiary/aromatic N) is 1. The van der Waals surface area contributed by atoms with Crippen molar-refractivity contribution in [2.75, 3.05) is 98.7 Å². The minimum absolute atomic E-state index is 0.0323. The number of hydrogen-bond donors (Lipinski definition) is 5. The summed E-state index contributed by atoms with van der Waals surface area (Å²) in [5, 5.41) is 14.4. The first kappa shape index (κ1) is 47.6. The number of nitrogens with one attached hydrogen (secondary N) is 5. The molecule has 55 heavy (non-hydrogen) atoms. The second kappa shape index (κ2) is 32.7. The summed E-state index contributed by atoms with van der Waals surface area (Å²) >= 11 is 0. The summed E-state index contributed by atoms with van der Waals surface area (Å²) in [7, 11) is 0. The highest BCUT2D eigenvalue weighted by atomic mass is 16.6. The van der Waals surface area contributed by atoms with Gasteiger partial charge < -0.3 is 59.7 Å². The normalized spacial score (nSPS) is 15.4. The fourth-order valence-corrected chi connectivity index (χ4v) is 5.05. The molecule has 0 aromatic rings. The predicted octanol–water partition coefficient (Wildman–Crippen LogP) is 4.55. The number of urea groups is 2. The van der Waals surface area contributed by atoms with Crippen LogP contribution in [-0.4, -0.2) is 140 Å². The van der Waals surface area contributed by atoms with Gasteiger partial charge in [0.15, 0.2) is 5.88 Å². The highest BCUT2D eigenvalue weighted by Gasteiger charge is 2.25. The van der Waals surface area contributed by atoms with E-state index in [1.165, 1.54) is 4.90 Å². The minimum Gasteiger partial charge on any atom is -0.477 e. The highest BCUT2D eigenvalue weighted by Crippen LogP contribution is 2.10. The van der Waals surface area contributed by atoms with Crippen LogP contribution in [0.15, 0.2) is 12.5 Å². The number of unbranched alkanes of at least 4 members (excludes halogenated alkanes) is 10. The second-order valence-corrected chi connectivity index (χ2v) is 13.6. The van der Waals surface area contributed by atoms with Gasteiger partial charge in [-0.05, 0) is 51.5 Å². The SMILES string of the molecule is C=C(NCCCCCCNC(=O)N(CCCCCCNC(=O)OCC1CO1)C(=O)NCCCCCCNC(=O)OCC1CO1)OCCOCCOCCCC. The Bertz CT molecular complexity index is 1050. The average molecular weight is 787 g/mol. The Morgan fingerprint density at radius 1 is 0.545 bits per heavy atom. The molecule has 5 N–H and O–H groups in total. The van der Waals surface area contributed by atoms with Crippen LogP contribution in [-0.2, 0) is 33.2 Å². The van der Waals surface area contributed by atoms with Crippen LogP contribution in [0.5, 0.6) is 0 Å². The summed E-state index contributed by atoms with van der Waals surface area (Å²) in [4.78, 5) is 50.7. The summed E-state index contributed by atoms with van der Waals surface area (Å²) in [6.45, 7) is 13.7. The zero-order chi connectivity index (χ0) is 39.6. The Labute approximate surface area is 327 Å². The lowest BCUT2D eigenvalue weighted by Gasteiger charge is -2.22. The van der Waals surface area contributed by atoms with Gasteiger partial charge in [-0.15, -0.1) is 0 Å². The van der Waals surface area contributed by atoms with Gasteiger partial charge in [0.2, 0.25) is 0 Å². The molecule has 0 aromatic heterocycles. The van der Waals surface area contributed by atoms with E-state index in [0.29, 0.717) is 84.7 Å². The van der Waals surface area contributed by atoms with Gasteiger partial charge >= 0.3 is 24.2 Å². The molecule has 2 rings (SSSR count). The maximum Gasteiger partial charge on any atom is 0.407 e. The summed E-state index contributed by atoms with van der Waals surface area (Å²) in [5.74, 6) is 0.525. The van der Waals surface area contributed by atoms with Crippen molar-refractivity contribution in [1.82, 2.24) is 31.5 Å². The zero-order valence-electron chi connectivity index (χ0n) is 33.3. The molecule has 2 heterocycles. The van der Waals surface area contributed by atoms with Crippen LogP contribution in [0.2, 0.25) is 0 Å². The number of imide groups is 1. The van der Waals surface area contributed by atoms with Gasteiger partial charge in [0, 0.05) is 45.9 Å². The van der Waals surface area contributed by atoms with Crippen LogP contribution < -0.4 is 26.6 Å². The van der Waals surface area contributed by atoms with Gasteiger partial charge in [-0.1, -0.05) is 51.9 Å². The van der Waals surface area contributed by atoms with E-state index < -0.39 is 24.2 Å². The number of epoxide rings is 2. The van der Waals surface area contributed by atoms with Gasteiger partial charge in [-0.3, -0.25) is 0 Å². The molecular weight excluding hydrogens is 716 g/mol. The summed E-state index contributed by atoms with van der Waals surface area (Å²) in [5.41, 5.74) is 0. The van der Waals surface area contributed by atoms with Gasteiger partial charge in [0.25, 0.3) is 0 Å². The van der Waals surface area contributed by atoms with Crippen LogP contribution in [0.1, 0.15) is 96.8 Å². The van der Waals surface area contributed by atoms with Gasteiger partial charge in [0.05, 0.1) is 33.0 Å². The fraction of sp³-hybridized carbons (Fsp3) is 0.842. The smallest absolute Gasteiger partial charge is 0.407 e. The lowest BCUT2D eigenvalue weighted by Crippen LogP contribution is -2.49. The number of carbonyl (C=O) groups excluding carboxylic acids is 4. The third-order valence-corrected chi connectivity index (χ3v) is 8.54. The summed E-state index contributed by atoms with van der Waals surface area (Å²) < 4.78 is 36.6. The lowest BCUT2D eigenvalue weighted by molar-refractivity contribution is 0.0246. The van der Waals surface area contributed by atoms with Crippen molar-refractivity contribution < 1.29 is 52.3 Å². The Kier molecular flexibility index (Phi) is 28.3. The summed E-state index contributed by atoms with van der Waals surface area (Å²) in [6, 6.07) is -0.821. The quantitative estimate of drug-likeness (QED) is 0.0338. The predicted molar refractivity (Wildman–Crippen MR) is 207 cm³/mol. The van der Waals surface area contributed by atoms with Crippen molar-refractivity contribution in [3.8, 4) is 0 Å². The molecule has 0 spiro atoms. The van der Waals surface area contributed by atoms with Gasteiger partial charge in [0.1, 0.15) is 32.0 Å². The van der Waals surface area contributed by atoms with Crippen LogP contribution >= 0.6 is 0 Å². The lowest BCUT2D eigenvalue weighted by atomic mass is 10.2. The van der Waals surface area contributed by atoms with Crippen molar-refractivity contribution in [1.29, 1.82) is 0 Å². The molecule has 17 heteroatoms. The number of hydrogen-bond acceptors (Lipinski definition) is 12. The number of alkyl carbamates (subject to hydrolysis) is 2. The topological polar surface area (TPSA) is 203 Å². The number of amides is 6. The molecule has 2 atom stereocenters. The first-order valence-electron chi connectivity index (χ1n) is 20.5. The van der Waals surface area contributed by atoms with Crippen molar-refractivity contribution in [2.45, 2.75) is 109 Å². The van der Waals surface area contributed by atoms with Crippen LogP contribution in [0.3, 0.4) is 0 Å². The molecule has 0 saturated carbocycles. The Balaban J connectivity index is 1.55.